The third-order valence-corrected chi connectivity index (χ3v) is 2.71. The van der Waals surface area contributed by atoms with Crippen molar-refractivity contribution < 1.29 is 9.53 Å². The first-order valence-corrected chi connectivity index (χ1v) is 5.83. The molecule has 4 nitrogen and oxygen atoms in total. The van der Waals surface area contributed by atoms with Crippen molar-refractivity contribution >= 4 is 5.91 Å². The molecule has 2 unspecified atom stereocenters. The number of amides is 1. The van der Waals surface area contributed by atoms with Crippen LogP contribution in [-0.4, -0.2) is 42.6 Å². The van der Waals surface area contributed by atoms with Gasteiger partial charge in [0.25, 0.3) is 5.91 Å². The summed E-state index contributed by atoms with van der Waals surface area (Å²) < 4.78 is 5.56. The Balaban J connectivity index is 2.47. The van der Waals surface area contributed by atoms with E-state index in [4.69, 9.17) is 10.5 Å². The number of carbonyl (C=O) groups is 1. The van der Waals surface area contributed by atoms with Gasteiger partial charge >= 0.3 is 0 Å². The highest BCUT2D eigenvalue weighted by Gasteiger charge is 2.30. The van der Waals surface area contributed by atoms with Crippen molar-refractivity contribution in [1.29, 1.82) is 0 Å². The molecule has 1 amide bonds. The highest BCUT2D eigenvalue weighted by Crippen LogP contribution is 2.20. The third kappa shape index (κ3) is 3.47. The Morgan fingerprint density at radius 1 is 1.47 bits per heavy atom. The molecule has 1 aliphatic heterocycles. The molecule has 15 heavy (non-hydrogen) atoms. The molecule has 0 aromatic carbocycles. The Kier molecular flexibility index (Phi) is 5.05. The summed E-state index contributed by atoms with van der Waals surface area (Å²) in [5, 5.41) is 0. The normalized spacial score (nSPS) is 25.5. The second kappa shape index (κ2) is 6.08. The van der Waals surface area contributed by atoms with Crippen LogP contribution in [-0.2, 0) is 9.53 Å². The van der Waals surface area contributed by atoms with Gasteiger partial charge in [0.05, 0.1) is 6.10 Å². The molecule has 2 N–H and O–H groups in total. The van der Waals surface area contributed by atoms with Gasteiger partial charge in [-0.1, -0.05) is 6.92 Å². The lowest BCUT2D eigenvalue weighted by Crippen LogP contribution is -2.42. The molecule has 4 heteroatoms. The highest BCUT2D eigenvalue weighted by molar-refractivity contribution is 5.81. The molecule has 0 aromatic heterocycles. The summed E-state index contributed by atoms with van der Waals surface area (Å²) in [7, 11) is 0. The molecule has 0 spiro atoms. The van der Waals surface area contributed by atoms with Gasteiger partial charge in [-0.15, -0.1) is 0 Å². The minimum absolute atomic E-state index is 0.117. The smallest absolute Gasteiger partial charge is 0.251 e. The summed E-state index contributed by atoms with van der Waals surface area (Å²) in [6.07, 6.45) is 2.80. The van der Waals surface area contributed by atoms with Gasteiger partial charge in [-0.25, -0.2) is 0 Å². The number of nitrogens with zero attached hydrogens (tertiary/aromatic N) is 1. The van der Waals surface area contributed by atoms with Gasteiger partial charge in [0.2, 0.25) is 0 Å². The summed E-state index contributed by atoms with van der Waals surface area (Å²) >= 11 is 0. The maximum atomic E-state index is 12.0. The van der Waals surface area contributed by atoms with Gasteiger partial charge in [0.15, 0.2) is 0 Å². The molecule has 0 aliphatic carbocycles. The van der Waals surface area contributed by atoms with Crippen molar-refractivity contribution in [2.24, 2.45) is 5.73 Å². The van der Waals surface area contributed by atoms with Gasteiger partial charge in [0, 0.05) is 19.6 Å². The quantitative estimate of drug-likeness (QED) is 0.735. The fourth-order valence-electron chi connectivity index (χ4n) is 1.95. The van der Waals surface area contributed by atoms with Crippen LogP contribution in [0.25, 0.3) is 0 Å². The summed E-state index contributed by atoms with van der Waals surface area (Å²) in [5.41, 5.74) is 5.49. The molecule has 1 fully saturated rings. The van der Waals surface area contributed by atoms with Gasteiger partial charge in [0.1, 0.15) is 6.10 Å². The summed E-state index contributed by atoms with van der Waals surface area (Å²) in [6.45, 7) is 6.02. The average Bonchev–Trinajstić information content (AvgIpc) is 2.63. The van der Waals surface area contributed by atoms with Crippen LogP contribution >= 0.6 is 0 Å². The minimum atomic E-state index is -0.224. The Labute approximate surface area is 91.8 Å². The molecule has 1 aliphatic rings. The predicted octanol–water partition coefficient (Wildman–Crippen LogP) is 0.751. The van der Waals surface area contributed by atoms with Gasteiger partial charge in [-0.05, 0) is 26.2 Å². The second-order valence-corrected chi connectivity index (χ2v) is 4.13. The summed E-state index contributed by atoms with van der Waals surface area (Å²) in [5.74, 6) is 0.117. The molecule has 1 saturated heterocycles. The lowest BCUT2D eigenvalue weighted by Gasteiger charge is -2.24. The zero-order chi connectivity index (χ0) is 11.3. The van der Waals surface area contributed by atoms with E-state index in [0.29, 0.717) is 13.1 Å². The largest absolute Gasteiger partial charge is 0.365 e. The predicted molar refractivity (Wildman–Crippen MR) is 59.5 cm³/mol. The van der Waals surface area contributed by atoms with E-state index >= 15 is 0 Å². The molecule has 0 radical (unpaired) electrons. The number of carbonyl (C=O) groups excluding carboxylic acids is 1. The van der Waals surface area contributed by atoms with Gasteiger partial charge in [-0.2, -0.15) is 0 Å². The monoisotopic (exact) mass is 214 g/mol. The Morgan fingerprint density at radius 2 is 2.20 bits per heavy atom. The number of hydrogen-bond acceptors (Lipinski definition) is 3. The maximum absolute atomic E-state index is 12.0. The zero-order valence-corrected chi connectivity index (χ0v) is 9.74. The number of ether oxygens (including phenoxy) is 1. The summed E-state index contributed by atoms with van der Waals surface area (Å²) in [6, 6.07) is 0. The molecule has 88 valence electrons. The molecule has 0 saturated carbocycles. The van der Waals surface area contributed by atoms with Crippen LogP contribution in [0.5, 0.6) is 0 Å². The van der Waals surface area contributed by atoms with Crippen LogP contribution in [0, 0.1) is 0 Å². The van der Waals surface area contributed by atoms with E-state index in [1.165, 1.54) is 0 Å². The van der Waals surface area contributed by atoms with E-state index in [9.17, 15) is 4.79 Å². The van der Waals surface area contributed by atoms with E-state index in [-0.39, 0.29) is 18.1 Å². The first-order valence-electron chi connectivity index (χ1n) is 5.83. The lowest BCUT2D eigenvalue weighted by atomic mass is 10.2. The SMILES string of the molecule is CCCN(CCN)C(=O)C1CCC(C)O1. The van der Waals surface area contributed by atoms with Crippen LogP contribution in [0.1, 0.15) is 33.1 Å². The van der Waals surface area contributed by atoms with E-state index < -0.39 is 0 Å². The van der Waals surface area contributed by atoms with Crippen LogP contribution in [0.3, 0.4) is 0 Å². The highest BCUT2D eigenvalue weighted by atomic mass is 16.5. The first-order chi connectivity index (χ1) is 7.19. The van der Waals surface area contributed by atoms with Crippen LogP contribution in [0.2, 0.25) is 0 Å². The fourth-order valence-corrected chi connectivity index (χ4v) is 1.95. The van der Waals surface area contributed by atoms with Crippen LogP contribution in [0.4, 0.5) is 0 Å². The van der Waals surface area contributed by atoms with E-state index in [1.807, 2.05) is 11.8 Å². The van der Waals surface area contributed by atoms with Crippen LogP contribution in [0.15, 0.2) is 0 Å². The van der Waals surface area contributed by atoms with Gasteiger partial charge in [-0.3, -0.25) is 4.79 Å². The van der Waals surface area contributed by atoms with Crippen LogP contribution < -0.4 is 5.73 Å². The molecule has 0 aromatic rings. The fraction of sp³-hybridized carbons (Fsp3) is 0.909. The average molecular weight is 214 g/mol. The number of hydrogen-bond donors (Lipinski definition) is 1. The number of rotatable bonds is 5. The van der Waals surface area contributed by atoms with Crippen molar-refractivity contribution in [3.63, 3.8) is 0 Å². The van der Waals surface area contributed by atoms with Crippen molar-refractivity contribution in [2.75, 3.05) is 19.6 Å². The van der Waals surface area contributed by atoms with E-state index in [2.05, 4.69) is 6.92 Å². The zero-order valence-electron chi connectivity index (χ0n) is 9.74. The first kappa shape index (κ1) is 12.5. The van der Waals surface area contributed by atoms with E-state index in [0.717, 1.165) is 25.8 Å². The Bertz CT molecular complexity index is 203. The topological polar surface area (TPSA) is 55.6 Å². The standard InChI is InChI=1S/C11H22N2O2/c1-3-7-13(8-6-12)11(14)10-5-4-9(2)15-10/h9-10H,3-8,12H2,1-2H3. The van der Waals surface area contributed by atoms with Crippen molar-refractivity contribution in [1.82, 2.24) is 4.90 Å². The maximum Gasteiger partial charge on any atom is 0.251 e. The van der Waals surface area contributed by atoms with E-state index in [1.54, 1.807) is 0 Å². The molecule has 0 bridgehead atoms. The second-order valence-electron chi connectivity index (χ2n) is 4.13. The third-order valence-electron chi connectivity index (χ3n) is 2.71. The molecule has 1 heterocycles. The number of nitrogens with two attached hydrogens (primary N) is 1. The van der Waals surface area contributed by atoms with Gasteiger partial charge < -0.3 is 15.4 Å². The van der Waals surface area contributed by atoms with Crippen molar-refractivity contribution in [2.45, 2.75) is 45.3 Å². The molecule has 2 atom stereocenters. The lowest BCUT2D eigenvalue weighted by molar-refractivity contribution is -0.142. The van der Waals surface area contributed by atoms with Crippen molar-refractivity contribution in [3.8, 4) is 0 Å². The molecular weight excluding hydrogens is 192 g/mol. The minimum Gasteiger partial charge on any atom is -0.365 e. The van der Waals surface area contributed by atoms with Crippen molar-refractivity contribution in [3.05, 3.63) is 0 Å². The molecular formula is C11H22N2O2. The summed E-state index contributed by atoms with van der Waals surface area (Å²) in [4.78, 5) is 13.8. The Morgan fingerprint density at radius 3 is 2.67 bits per heavy atom. The molecule has 1 rings (SSSR count). The Hall–Kier alpha value is -0.610.